The fourth-order valence-corrected chi connectivity index (χ4v) is 2.23. The first-order valence-corrected chi connectivity index (χ1v) is 7.44. The predicted octanol–water partition coefficient (Wildman–Crippen LogP) is 3.94. The van der Waals surface area contributed by atoms with Gasteiger partial charge in [0.05, 0.1) is 13.2 Å². The highest BCUT2D eigenvalue weighted by atomic mass is 127. The molecule has 0 saturated heterocycles. The second-order valence-corrected chi connectivity index (χ2v) is 5.08. The van der Waals surface area contributed by atoms with Gasteiger partial charge in [-0.05, 0) is 35.2 Å². The van der Waals surface area contributed by atoms with E-state index in [4.69, 9.17) is 10.5 Å². The molecule has 2 rings (SSSR count). The van der Waals surface area contributed by atoms with Crippen molar-refractivity contribution < 1.29 is 4.74 Å². The number of hydrogen-bond acceptors (Lipinski definition) is 2. The van der Waals surface area contributed by atoms with Crippen LogP contribution in [0, 0.1) is 0 Å². The van der Waals surface area contributed by atoms with Gasteiger partial charge in [0.1, 0.15) is 0 Å². The third kappa shape index (κ3) is 6.19. The molecule has 2 aromatic rings. The average molecular weight is 425 g/mol. The molecular formula is C18H24IN3O. The smallest absolute Gasteiger partial charge is 0.193 e. The van der Waals surface area contributed by atoms with Gasteiger partial charge in [-0.2, -0.15) is 0 Å². The van der Waals surface area contributed by atoms with Crippen molar-refractivity contribution in [1.82, 2.24) is 0 Å². The molecule has 124 valence electrons. The van der Waals surface area contributed by atoms with Gasteiger partial charge in [-0.25, -0.2) is 4.99 Å². The van der Waals surface area contributed by atoms with Crippen LogP contribution in [0.5, 0.6) is 0 Å². The Morgan fingerprint density at radius 2 is 1.87 bits per heavy atom. The SMILES string of the molecule is CCc1cccc(NC(N)=NCc2ccccc2COC)c1.I. The van der Waals surface area contributed by atoms with Crippen LogP contribution in [0.25, 0.3) is 0 Å². The number of methoxy groups -OCH3 is 1. The zero-order chi connectivity index (χ0) is 15.8. The number of hydrogen-bond donors (Lipinski definition) is 2. The lowest BCUT2D eigenvalue weighted by Crippen LogP contribution is -2.22. The summed E-state index contributed by atoms with van der Waals surface area (Å²) in [6.07, 6.45) is 0.997. The van der Waals surface area contributed by atoms with Gasteiger partial charge in [-0.3, -0.25) is 0 Å². The van der Waals surface area contributed by atoms with Crippen LogP contribution in [-0.2, 0) is 24.3 Å². The molecule has 0 bridgehead atoms. The van der Waals surface area contributed by atoms with Gasteiger partial charge in [0.25, 0.3) is 0 Å². The zero-order valence-electron chi connectivity index (χ0n) is 13.6. The molecule has 0 aliphatic rings. The number of aryl methyl sites for hydroxylation is 1. The summed E-state index contributed by atoms with van der Waals surface area (Å²) in [5.41, 5.74) is 10.5. The van der Waals surface area contributed by atoms with Crippen LogP contribution in [0.4, 0.5) is 5.69 Å². The molecule has 0 saturated carbocycles. The highest BCUT2D eigenvalue weighted by Gasteiger charge is 2.01. The van der Waals surface area contributed by atoms with Crippen LogP contribution in [0.1, 0.15) is 23.6 Å². The number of nitrogens with zero attached hydrogens (tertiary/aromatic N) is 1. The maximum atomic E-state index is 5.98. The van der Waals surface area contributed by atoms with Crippen LogP contribution in [0.2, 0.25) is 0 Å². The van der Waals surface area contributed by atoms with E-state index in [1.807, 2.05) is 36.4 Å². The van der Waals surface area contributed by atoms with Gasteiger partial charge in [0.2, 0.25) is 0 Å². The predicted molar refractivity (Wildman–Crippen MR) is 107 cm³/mol. The quantitative estimate of drug-likeness (QED) is 0.419. The largest absolute Gasteiger partial charge is 0.380 e. The Balaban J connectivity index is 0.00000264. The summed E-state index contributed by atoms with van der Waals surface area (Å²) in [5.74, 6) is 0.417. The zero-order valence-corrected chi connectivity index (χ0v) is 15.9. The van der Waals surface area contributed by atoms with Crippen molar-refractivity contribution in [2.75, 3.05) is 12.4 Å². The maximum absolute atomic E-state index is 5.98. The Morgan fingerprint density at radius 1 is 1.13 bits per heavy atom. The van der Waals surface area contributed by atoms with Crippen LogP contribution >= 0.6 is 24.0 Å². The van der Waals surface area contributed by atoms with Crippen LogP contribution in [0.3, 0.4) is 0 Å². The Kier molecular flexibility index (Phi) is 8.65. The van der Waals surface area contributed by atoms with Crippen molar-refractivity contribution in [3.8, 4) is 0 Å². The molecule has 0 aliphatic carbocycles. The number of aliphatic imine (C=N–C) groups is 1. The van der Waals surface area contributed by atoms with Crippen molar-refractivity contribution in [3.05, 3.63) is 65.2 Å². The number of benzene rings is 2. The van der Waals surface area contributed by atoms with Gasteiger partial charge in [0.15, 0.2) is 5.96 Å². The molecule has 0 unspecified atom stereocenters. The molecule has 3 N–H and O–H groups in total. The molecule has 23 heavy (non-hydrogen) atoms. The minimum Gasteiger partial charge on any atom is -0.380 e. The number of nitrogens with two attached hydrogens (primary N) is 1. The van der Waals surface area contributed by atoms with Crippen molar-refractivity contribution in [2.24, 2.45) is 10.7 Å². The summed E-state index contributed by atoms with van der Waals surface area (Å²) in [6.45, 7) is 3.24. The van der Waals surface area contributed by atoms with Crippen molar-refractivity contribution in [1.29, 1.82) is 0 Å². The van der Waals surface area contributed by atoms with Crippen molar-refractivity contribution >= 4 is 35.6 Å². The average Bonchev–Trinajstić information content (AvgIpc) is 2.54. The second-order valence-electron chi connectivity index (χ2n) is 5.08. The minimum absolute atomic E-state index is 0. The molecule has 4 nitrogen and oxygen atoms in total. The van der Waals surface area contributed by atoms with E-state index < -0.39 is 0 Å². The monoisotopic (exact) mass is 425 g/mol. The first-order valence-electron chi connectivity index (χ1n) is 7.44. The highest BCUT2D eigenvalue weighted by Crippen LogP contribution is 2.13. The number of nitrogens with one attached hydrogen (secondary N) is 1. The normalized spacial score (nSPS) is 11.0. The fourth-order valence-electron chi connectivity index (χ4n) is 2.23. The van der Waals surface area contributed by atoms with E-state index in [9.17, 15) is 0 Å². The van der Waals surface area contributed by atoms with E-state index in [1.54, 1.807) is 7.11 Å². The Hall–Kier alpha value is -1.60. The van der Waals surface area contributed by atoms with E-state index in [0.29, 0.717) is 19.1 Å². The molecule has 0 aromatic heterocycles. The fraction of sp³-hybridized carbons (Fsp3) is 0.278. The summed E-state index contributed by atoms with van der Waals surface area (Å²) >= 11 is 0. The van der Waals surface area contributed by atoms with Crippen LogP contribution in [0.15, 0.2) is 53.5 Å². The number of ether oxygens (including phenoxy) is 1. The number of anilines is 1. The molecular weight excluding hydrogens is 401 g/mol. The summed E-state index contributed by atoms with van der Waals surface area (Å²) in [7, 11) is 1.69. The first kappa shape index (κ1) is 19.4. The standard InChI is InChI=1S/C18H23N3O.HI/c1-3-14-7-6-10-17(11-14)21-18(19)20-12-15-8-4-5-9-16(15)13-22-2;/h4-11H,3,12-13H2,1-2H3,(H3,19,20,21);1H. The molecule has 0 radical (unpaired) electrons. The summed E-state index contributed by atoms with van der Waals surface area (Å²) in [5, 5.41) is 3.13. The maximum Gasteiger partial charge on any atom is 0.193 e. The Morgan fingerprint density at radius 3 is 2.57 bits per heavy atom. The van der Waals surface area contributed by atoms with Gasteiger partial charge in [-0.1, -0.05) is 43.3 Å². The number of halogens is 1. The van der Waals surface area contributed by atoms with Crippen LogP contribution in [-0.4, -0.2) is 13.1 Å². The van der Waals surface area contributed by atoms with Gasteiger partial charge in [0, 0.05) is 12.8 Å². The summed E-state index contributed by atoms with van der Waals surface area (Å²) < 4.78 is 5.20. The summed E-state index contributed by atoms with van der Waals surface area (Å²) in [6, 6.07) is 16.3. The van der Waals surface area contributed by atoms with Crippen molar-refractivity contribution in [3.63, 3.8) is 0 Å². The third-order valence-electron chi connectivity index (χ3n) is 3.45. The Labute approximate surface area is 155 Å². The lowest BCUT2D eigenvalue weighted by molar-refractivity contribution is 0.184. The van der Waals surface area contributed by atoms with Crippen LogP contribution < -0.4 is 11.1 Å². The topological polar surface area (TPSA) is 59.6 Å². The summed E-state index contributed by atoms with van der Waals surface area (Å²) in [4.78, 5) is 4.42. The number of rotatable bonds is 6. The third-order valence-corrected chi connectivity index (χ3v) is 3.45. The molecule has 5 heteroatoms. The van der Waals surface area contributed by atoms with E-state index >= 15 is 0 Å². The lowest BCUT2D eigenvalue weighted by atomic mass is 10.1. The molecule has 0 amide bonds. The van der Waals surface area contributed by atoms with Gasteiger partial charge >= 0.3 is 0 Å². The molecule has 0 spiro atoms. The van der Waals surface area contributed by atoms with Gasteiger partial charge in [-0.15, -0.1) is 24.0 Å². The number of guanidine groups is 1. The van der Waals surface area contributed by atoms with E-state index in [-0.39, 0.29) is 24.0 Å². The molecule has 0 atom stereocenters. The molecule has 0 aliphatic heterocycles. The highest BCUT2D eigenvalue weighted by molar-refractivity contribution is 14.0. The molecule has 0 heterocycles. The van der Waals surface area contributed by atoms with Crippen molar-refractivity contribution in [2.45, 2.75) is 26.5 Å². The van der Waals surface area contributed by atoms with E-state index in [1.165, 1.54) is 5.56 Å². The molecule has 2 aromatic carbocycles. The minimum atomic E-state index is 0. The second kappa shape index (κ2) is 10.2. The van der Waals surface area contributed by atoms with E-state index in [2.05, 4.69) is 29.4 Å². The van der Waals surface area contributed by atoms with E-state index in [0.717, 1.165) is 23.2 Å². The lowest BCUT2D eigenvalue weighted by Gasteiger charge is -2.09. The first-order chi connectivity index (χ1) is 10.7. The van der Waals surface area contributed by atoms with Gasteiger partial charge < -0.3 is 15.8 Å². The molecule has 0 fully saturated rings. The Bertz CT molecular complexity index is 644.